The van der Waals surface area contributed by atoms with Gasteiger partial charge in [0.1, 0.15) is 0 Å². The van der Waals surface area contributed by atoms with Gasteiger partial charge in [0.15, 0.2) is 0 Å². The highest BCUT2D eigenvalue weighted by Crippen LogP contribution is 2.39. The molecule has 0 fully saturated rings. The minimum atomic E-state index is -0.573. The largest absolute Gasteiger partial charge is 0.476 e. The molecule has 0 radical (unpaired) electrons. The number of thiocarbonyl (C=S) groups is 4. The predicted octanol–water partition coefficient (Wildman–Crippen LogP) is 9.85. The van der Waals surface area contributed by atoms with Crippen molar-refractivity contribution in [3.8, 4) is 0 Å². The maximum Gasteiger partial charge on any atom is 0.220 e. The van der Waals surface area contributed by atoms with Crippen molar-refractivity contribution in [2.45, 2.75) is 131 Å². The molecule has 0 N–H and O–H groups in total. The Labute approximate surface area is 288 Å². The molecule has 0 saturated carbocycles. The summed E-state index contributed by atoms with van der Waals surface area (Å²) in [5.41, 5.74) is -1.15. The predicted molar refractivity (Wildman–Crippen MR) is 201 cm³/mol. The van der Waals surface area contributed by atoms with Gasteiger partial charge in [-0.1, -0.05) is 73.7 Å². The van der Waals surface area contributed by atoms with Crippen LogP contribution in [0.2, 0.25) is 0 Å². The minimum absolute atomic E-state index is 0.00816. The van der Waals surface area contributed by atoms with E-state index in [0.717, 1.165) is 25.7 Å². The topological polar surface area (TPSA) is 46.2 Å². The van der Waals surface area contributed by atoms with E-state index in [4.69, 9.17) is 72.6 Å². The van der Waals surface area contributed by atoms with Gasteiger partial charge in [0.2, 0.25) is 17.5 Å². The van der Waals surface area contributed by atoms with Crippen molar-refractivity contribution in [2.24, 2.45) is 0 Å². The van der Waals surface area contributed by atoms with E-state index in [1.54, 1.807) is 0 Å². The van der Waals surface area contributed by atoms with Crippen molar-refractivity contribution in [1.29, 1.82) is 0 Å². The van der Waals surface area contributed by atoms with Gasteiger partial charge >= 0.3 is 0 Å². The van der Waals surface area contributed by atoms with Crippen molar-refractivity contribution in [2.75, 3.05) is 23.0 Å². The van der Waals surface area contributed by atoms with Crippen LogP contribution in [0.15, 0.2) is 0 Å². The molecule has 0 bridgehead atoms. The number of ether oxygens (including phenoxy) is 5. The molecule has 0 unspecified atom stereocenters. The molecule has 0 heterocycles. The second kappa shape index (κ2) is 22.4. The molecule has 0 aliphatic carbocycles. The Morgan fingerprint density at radius 1 is 0.488 bits per heavy atom. The van der Waals surface area contributed by atoms with Crippen molar-refractivity contribution in [3.63, 3.8) is 0 Å². The lowest BCUT2D eigenvalue weighted by molar-refractivity contribution is -0.118. The van der Waals surface area contributed by atoms with Gasteiger partial charge in [-0.3, -0.25) is 0 Å². The van der Waals surface area contributed by atoms with E-state index >= 15 is 0 Å². The monoisotopic (exact) mass is 722 g/mol. The molecule has 0 saturated heterocycles. The Morgan fingerprint density at radius 3 is 0.878 bits per heavy atom. The summed E-state index contributed by atoms with van der Waals surface area (Å²) in [7, 11) is 0. The van der Waals surface area contributed by atoms with Crippen molar-refractivity contribution in [3.05, 3.63) is 0 Å². The molecule has 0 amide bonds. The molecule has 0 aromatic heterocycles. The zero-order valence-corrected chi connectivity index (χ0v) is 32.8. The van der Waals surface area contributed by atoms with Crippen LogP contribution in [-0.2, 0) is 23.7 Å². The SMILES string of the molecule is CCCC(CSC(=S)OC(C)C)(CSC(=S)OC(C)C)OC(CCC)(CSC(=S)OC(C)C)CSC(=S)OC(C)C. The first-order valence-corrected chi connectivity index (χ1v) is 19.7. The summed E-state index contributed by atoms with van der Waals surface area (Å²) in [4.78, 5) is 0. The van der Waals surface area contributed by atoms with Crippen LogP contribution in [0, 0.1) is 0 Å². The average molecular weight is 723 g/mol. The van der Waals surface area contributed by atoms with Crippen LogP contribution in [0.3, 0.4) is 0 Å². The Kier molecular flexibility index (Phi) is 22.9. The Balaban J connectivity index is 6.44. The fraction of sp³-hybridized carbons (Fsp3) is 0.857. The smallest absolute Gasteiger partial charge is 0.220 e. The Morgan fingerprint density at radius 2 is 0.707 bits per heavy atom. The third kappa shape index (κ3) is 20.6. The molecular formula is C28H50O5S8. The summed E-state index contributed by atoms with van der Waals surface area (Å²) in [5, 5.41) is 0. The van der Waals surface area contributed by atoms with Gasteiger partial charge in [-0.15, -0.1) is 0 Å². The van der Waals surface area contributed by atoms with E-state index in [9.17, 15) is 0 Å². The van der Waals surface area contributed by atoms with Crippen LogP contribution < -0.4 is 0 Å². The number of rotatable bonds is 18. The second-order valence-corrected chi connectivity index (χ2v) is 17.1. The van der Waals surface area contributed by atoms with Crippen LogP contribution in [0.1, 0.15) is 94.9 Å². The van der Waals surface area contributed by atoms with Gasteiger partial charge in [-0.25, -0.2) is 0 Å². The maximum absolute atomic E-state index is 7.38. The van der Waals surface area contributed by atoms with E-state index in [2.05, 4.69) is 13.8 Å². The van der Waals surface area contributed by atoms with Gasteiger partial charge in [0, 0.05) is 23.0 Å². The first-order valence-electron chi connectivity index (χ1n) is 14.1. The first kappa shape index (κ1) is 41.9. The fourth-order valence-corrected chi connectivity index (χ4v) is 9.15. The van der Waals surface area contributed by atoms with Gasteiger partial charge in [-0.2, -0.15) is 0 Å². The van der Waals surface area contributed by atoms with Crippen molar-refractivity contribution in [1.82, 2.24) is 0 Å². The standard InChI is InChI=1S/C28H50O5S8/c1-11-13-27(15-38-23(34)29-19(3)4,16-39-24(35)30-20(5)6)33-28(14-12-2,17-40-25(36)31-21(7)8)18-41-26(37)32-22(9)10/h19-22H,11-18H2,1-10H3. The summed E-state index contributed by atoms with van der Waals surface area (Å²) >= 11 is 28.3. The molecule has 0 spiro atoms. The van der Waals surface area contributed by atoms with Crippen LogP contribution in [0.4, 0.5) is 0 Å². The van der Waals surface area contributed by atoms with Gasteiger partial charge in [0.25, 0.3) is 0 Å². The molecule has 240 valence electrons. The van der Waals surface area contributed by atoms with Crippen LogP contribution in [0.5, 0.6) is 0 Å². The van der Waals surface area contributed by atoms with E-state index in [1.165, 1.54) is 47.0 Å². The summed E-state index contributed by atoms with van der Waals surface area (Å²) in [6, 6.07) is 0. The molecule has 41 heavy (non-hydrogen) atoms. The summed E-state index contributed by atoms with van der Waals surface area (Å²) in [6.45, 7) is 20.2. The van der Waals surface area contributed by atoms with E-state index in [1.807, 2.05) is 55.4 Å². The molecule has 13 heteroatoms. The lowest BCUT2D eigenvalue weighted by Crippen LogP contribution is -2.51. The molecular weight excluding hydrogens is 673 g/mol. The van der Waals surface area contributed by atoms with Crippen molar-refractivity contribution < 1.29 is 23.7 Å². The summed E-state index contributed by atoms with van der Waals surface area (Å²) in [6.07, 6.45) is 3.49. The molecule has 0 rings (SSSR count). The molecule has 0 aliphatic rings. The van der Waals surface area contributed by atoms with E-state index < -0.39 is 11.2 Å². The van der Waals surface area contributed by atoms with Crippen LogP contribution in [-0.4, -0.2) is 76.2 Å². The molecule has 0 atom stereocenters. The highest BCUT2D eigenvalue weighted by molar-refractivity contribution is 8.24. The van der Waals surface area contributed by atoms with E-state index in [0.29, 0.717) is 40.5 Å². The van der Waals surface area contributed by atoms with Gasteiger partial charge in [-0.05, 0) is 117 Å². The zero-order valence-electron chi connectivity index (χ0n) is 26.3. The zero-order chi connectivity index (χ0) is 31.6. The lowest BCUT2D eigenvalue weighted by Gasteiger charge is -2.44. The quantitative estimate of drug-likeness (QED) is 0.126. The molecule has 0 aromatic carbocycles. The fourth-order valence-electron chi connectivity index (χ4n) is 3.63. The third-order valence-corrected chi connectivity index (χ3v) is 10.8. The van der Waals surface area contributed by atoms with E-state index in [-0.39, 0.29) is 24.4 Å². The Hall–Kier alpha value is 0.920. The average Bonchev–Trinajstić information content (AvgIpc) is 2.82. The van der Waals surface area contributed by atoms with Crippen LogP contribution >= 0.6 is 95.9 Å². The number of hydrogen-bond donors (Lipinski definition) is 0. The maximum atomic E-state index is 7.38. The second-order valence-electron chi connectivity index (χ2n) is 10.8. The first-order chi connectivity index (χ1) is 19.1. The lowest BCUT2D eigenvalue weighted by atomic mass is 9.97. The van der Waals surface area contributed by atoms with Gasteiger partial charge in [0.05, 0.1) is 35.6 Å². The minimum Gasteiger partial charge on any atom is -0.476 e. The Bertz CT molecular complexity index is 688. The molecule has 0 aliphatic heterocycles. The molecule has 5 nitrogen and oxygen atoms in total. The van der Waals surface area contributed by atoms with Crippen molar-refractivity contribution >= 4 is 113 Å². The summed E-state index contributed by atoms with van der Waals surface area (Å²) in [5.74, 6) is 2.46. The normalized spacial score (nSPS) is 12.2. The highest BCUT2D eigenvalue weighted by atomic mass is 32.2. The van der Waals surface area contributed by atoms with Crippen LogP contribution in [0.25, 0.3) is 0 Å². The summed E-state index contributed by atoms with van der Waals surface area (Å²) < 4.78 is 32.7. The number of hydrogen-bond acceptors (Lipinski definition) is 13. The molecule has 0 aromatic rings. The van der Waals surface area contributed by atoms with Gasteiger partial charge < -0.3 is 23.7 Å². The highest BCUT2D eigenvalue weighted by Gasteiger charge is 2.43. The third-order valence-electron chi connectivity index (χ3n) is 4.98. The number of thioether (sulfide) groups is 4.